The van der Waals surface area contributed by atoms with Crippen molar-refractivity contribution in [3.05, 3.63) is 57.3 Å². The van der Waals surface area contributed by atoms with Crippen LogP contribution in [0.3, 0.4) is 0 Å². The summed E-state index contributed by atoms with van der Waals surface area (Å²) < 4.78 is 0. The fourth-order valence-corrected chi connectivity index (χ4v) is 2.35. The third-order valence-electron chi connectivity index (χ3n) is 2.70. The highest BCUT2D eigenvalue weighted by molar-refractivity contribution is 7.08. The molecule has 0 spiro atoms. The van der Waals surface area contributed by atoms with E-state index in [1.165, 1.54) is 11.1 Å². The van der Waals surface area contributed by atoms with Gasteiger partial charge in [0, 0.05) is 17.4 Å². The Bertz CT molecular complexity index is 497. The van der Waals surface area contributed by atoms with E-state index in [1.54, 1.807) is 11.3 Å². The first-order valence-electron chi connectivity index (χ1n) is 5.28. The molecule has 2 heteroatoms. The molecule has 1 heterocycles. The standard InChI is InChI=1S/C14H14OS/c1-10-3-4-11(2)13(7-10)8-14(15)12-5-6-16-9-12/h3-7,9H,8H2,1-2H3. The Balaban J connectivity index is 2.21. The van der Waals surface area contributed by atoms with Crippen molar-refractivity contribution >= 4 is 17.1 Å². The second-order valence-electron chi connectivity index (χ2n) is 4.04. The van der Waals surface area contributed by atoms with E-state index in [4.69, 9.17) is 0 Å². The average molecular weight is 230 g/mol. The quantitative estimate of drug-likeness (QED) is 0.733. The van der Waals surface area contributed by atoms with Gasteiger partial charge in [0.1, 0.15) is 0 Å². The van der Waals surface area contributed by atoms with E-state index in [0.29, 0.717) is 6.42 Å². The van der Waals surface area contributed by atoms with Crippen LogP contribution >= 0.6 is 11.3 Å². The normalized spacial score (nSPS) is 10.4. The van der Waals surface area contributed by atoms with Gasteiger partial charge in [0.05, 0.1) is 0 Å². The van der Waals surface area contributed by atoms with Gasteiger partial charge in [0.2, 0.25) is 0 Å². The first kappa shape index (κ1) is 11.1. The topological polar surface area (TPSA) is 17.1 Å². The number of hydrogen-bond donors (Lipinski definition) is 0. The molecule has 2 rings (SSSR count). The van der Waals surface area contributed by atoms with Crippen LogP contribution in [0.15, 0.2) is 35.0 Å². The molecule has 82 valence electrons. The predicted octanol–water partition coefficient (Wildman–Crippen LogP) is 3.79. The average Bonchev–Trinajstić information content (AvgIpc) is 2.76. The summed E-state index contributed by atoms with van der Waals surface area (Å²) in [6, 6.07) is 8.14. The van der Waals surface area contributed by atoms with Crippen molar-refractivity contribution in [2.75, 3.05) is 0 Å². The third-order valence-corrected chi connectivity index (χ3v) is 3.38. The molecule has 0 saturated heterocycles. The lowest BCUT2D eigenvalue weighted by atomic mass is 9.99. The molecule has 0 atom stereocenters. The summed E-state index contributed by atoms with van der Waals surface area (Å²) in [5, 5.41) is 3.85. The number of hydrogen-bond acceptors (Lipinski definition) is 2. The van der Waals surface area contributed by atoms with Crippen LogP contribution in [0.1, 0.15) is 27.0 Å². The molecule has 2 aromatic rings. The fraction of sp³-hybridized carbons (Fsp3) is 0.214. The second kappa shape index (κ2) is 4.62. The number of carbonyl (C=O) groups excluding carboxylic acids is 1. The maximum Gasteiger partial charge on any atom is 0.168 e. The minimum Gasteiger partial charge on any atom is -0.294 e. The molecule has 0 unspecified atom stereocenters. The molecule has 0 amide bonds. The van der Waals surface area contributed by atoms with Crippen molar-refractivity contribution < 1.29 is 4.79 Å². The Morgan fingerprint density at radius 1 is 1.25 bits per heavy atom. The molecule has 1 aromatic carbocycles. The number of Topliss-reactive ketones (excluding diaryl/α,β-unsaturated/α-hetero) is 1. The van der Waals surface area contributed by atoms with Crippen molar-refractivity contribution in [3.63, 3.8) is 0 Å². The van der Waals surface area contributed by atoms with Crippen molar-refractivity contribution in [2.24, 2.45) is 0 Å². The van der Waals surface area contributed by atoms with Gasteiger partial charge >= 0.3 is 0 Å². The van der Waals surface area contributed by atoms with Crippen molar-refractivity contribution in [1.82, 2.24) is 0 Å². The van der Waals surface area contributed by atoms with Gasteiger partial charge in [-0.1, -0.05) is 23.8 Å². The minimum atomic E-state index is 0.204. The molecular weight excluding hydrogens is 216 g/mol. The molecule has 0 saturated carbocycles. The number of thiophene rings is 1. The van der Waals surface area contributed by atoms with E-state index >= 15 is 0 Å². The number of carbonyl (C=O) groups is 1. The highest BCUT2D eigenvalue weighted by Gasteiger charge is 2.09. The van der Waals surface area contributed by atoms with Gasteiger partial charge in [0.15, 0.2) is 5.78 Å². The van der Waals surface area contributed by atoms with Crippen molar-refractivity contribution in [3.8, 4) is 0 Å². The summed E-state index contributed by atoms with van der Waals surface area (Å²) in [5.41, 5.74) is 4.36. The third kappa shape index (κ3) is 2.39. The largest absolute Gasteiger partial charge is 0.294 e. The lowest BCUT2D eigenvalue weighted by Gasteiger charge is -2.05. The number of benzene rings is 1. The summed E-state index contributed by atoms with van der Waals surface area (Å²) in [6.45, 7) is 4.10. The molecule has 0 fully saturated rings. The molecule has 0 radical (unpaired) electrons. The summed E-state index contributed by atoms with van der Waals surface area (Å²) in [4.78, 5) is 11.9. The Labute approximate surface area is 99.8 Å². The summed E-state index contributed by atoms with van der Waals surface area (Å²) in [5.74, 6) is 0.204. The number of ketones is 1. The van der Waals surface area contributed by atoms with Crippen LogP contribution in [-0.4, -0.2) is 5.78 Å². The SMILES string of the molecule is Cc1ccc(C)c(CC(=O)c2ccsc2)c1. The smallest absolute Gasteiger partial charge is 0.168 e. The van der Waals surface area contributed by atoms with E-state index < -0.39 is 0 Å². The van der Waals surface area contributed by atoms with Gasteiger partial charge in [-0.25, -0.2) is 0 Å². The predicted molar refractivity (Wildman–Crippen MR) is 68.3 cm³/mol. The first-order chi connectivity index (χ1) is 7.66. The van der Waals surface area contributed by atoms with Gasteiger partial charge in [-0.05, 0) is 36.4 Å². The van der Waals surface area contributed by atoms with Gasteiger partial charge in [-0.2, -0.15) is 11.3 Å². The Hall–Kier alpha value is -1.41. The molecular formula is C14H14OS. The monoisotopic (exact) mass is 230 g/mol. The maximum absolute atomic E-state index is 11.9. The molecule has 0 aliphatic rings. The molecule has 0 N–H and O–H groups in total. The minimum absolute atomic E-state index is 0.204. The zero-order valence-corrected chi connectivity index (χ0v) is 10.3. The van der Waals surface area contributed by atoms with Crippen LogP contribution in [-0.2, 0) is 6.42 Å². The number of aryl methyl sites for hydroxylation is 2. The summed E-state index contributed by atoms with van der Waals surface area (Å²) >= 11 is 1.56. The van der Waals surface area contributed by atoms with Crippen LogP contribution in [0.25, 0.3) is 0 Å². The number of rotatable bonds is 3. The van der Waals surface area contributed by atoms with E-state index in [-0.39, 0.29) is 5.78 Å². The molecule has 0 bridgehead atoms. The van der Waals surface area contributed by atoms with Crippen LogP contribution in [0.4, 0.5) is 0 Å². The Morgan fingerprint density at radius 3 is 2.75 bits per heavy atom. The van der Waals surface area contributed by atoms with E-state index in [9.17, 15) is 4.79 Å². The van der Waals surface area contributed by atoms with Crippen LogP contribution in [0.5, 0.6) is 0 Å². The first-order valence-corrected chi connectivity index (χ1v) is 6.22. The van der Waals surface area contributed by atoms with Crippen LogP contribution < -0.4 is 0 Å². The van der Waals surface area contributed by atoms with Gasteiger partial charge < -0.3 is 0 Å². The molecule has 0 aliphatic heterocycles. The Kier molecular flexibility index (Phi) is 3.20. The second-order valence-corrected chi connectivity index (χ2v) is 4.82. The molecule has 1 aromatic heterocycles. The molecule has 1 nitrogen and oxygen atoms in total. The maximum atomic E-state index is 11.9. The van der Waals surface area contributed by atoms with E-state index in [1.807, 2.05) is 16.8 Å². The van der Waals surface area contributed by atoms with Gasteiger partial charge in [0.25, 0.3) is 0 Å². The summed E-state index contributed by atoms with van der Waals surface area (Å²) in [7, 11) is 0. The Morgan fingerprint density at radius 2 is 2.06 bits per heavy atom. The lowest BCUT2D eigenvalue weighted by molar-refractivity contribution is 0.0993. The zero-order chi connectivity index (χ0) is 11.5. The van der Waals surface area contributed by atoms with Gasteiger partial charge in [-0.3, -0.25) is 4.79 Å². The molecule has 16 heavy (non-hydrogen) atoms. The van der Waals surface area contributed by atoms with E-state index in [0.717, 1.165) is 11.1 Å². The highest BCUT2D eigenvalue weighted by Crippen LogP contribution is 2.15. The van der Waals surface area contributed by atoms with Crippen LogP contribution in [0, 0.1) is 13.8 Å². The lowest BCUT2D eigenvalue weighted by Crippen LogP contribution is -2.03. The van der Waals surface area contributed by atoms with Crippen molar-refractivity contribution in [1.29, 1.82) is 0 Å². The summed E-state index contributed by atoms with van der Waals surface area (Å²) in [6.07, 6.45) is 0.504. The van der Waals surface area contributed by atoms with Crippen LogP contribution in [0.2, 0.25) is 0 Å². The van der Waals surface area contributed by atoms with E-state index in [2.05, 4.69) is 32.0 Å². The highest BCUT2D eigenvalue weighted by atomic mass is 32.1. The van der Waals surface area contributed by atoms with Gasteiger partial charge in [-0.15, -0.1) is 0 Å². The fourth-order valence-electron chi connectivity index (χ4n) is 1.69. The van der Waals surface area contributed by atoms with Crippen molar-refractivity contribution in [2.45, 2.75) is 20.3 Å². The zero-order valence-electron chi connectivity index (χ0n) is 9.49. The molecule has 0 aliphatic carbocycles.